The molecule has 0 aromatic heterocycles. The van der Waals surface area contributed by atoms with Crippen molar-refractivity contribution in [1.82, 2.24) is 0 Å². The van der Waals surface area contributed by atoms with E-state index in [0.29, 0.717) is 12.2 Å². The zero-order chi connectivity index (χ0) is 15.3. The summed E-state index contributed by atoms with van der Waals surface area (Å²) in [6.07, 6.45) is 0.418. The van der Waals surface area contributed by atoms with Gasteiger partial charge in [-0.1, -0.05) is 0 Å². The zero-order valence-electron chi connectivity index (χ0n) is 11.3. The number of rotatable bonds is 6. The van der Waals surface area contributed by atoms with Gasteiger partial charge in [0, 0.05) is 23.2 Å². The number of non-ortho nitro benzene ring substituents is 1. The van der Waals surface area contributed by atoms with Gasteiger partial charge >= 0.3 is 0 Å². The van der Waals surface area contributed by atoms with Crippen LogP contribution >= 0.6 is 11.8 Å². The molecule has 0 spiro atoms. The summed E-state index contributed by atoms with van der Waals surface area (Å²) in [4.78, 5) is 10.2. The van der Waals surface area contributed by atoms with Gasteiger partial charge in [0.05, 0.1) is 16.2 Å². The molecule has 2 atom stereocenters. The molecule has 0 saturated heterocycles. The van der Waals surface area contributed by atoms with E-state index in [1.165, 1.54) is 17.8 Å². The fraction of sp³-hybridized carbons (Fsp3) is 0.462. The number of nitro benzene ring substituents is 1. The van der Waals surface area contributed by atoms with E-state index >= 15 is 0 Å². The van der Waals surface area contributed by atoms with Crippen LogP contribution in [0.3, 0.4) is 0 Å². The molecule has 20 heavy (non-hydrogen) atoms. The van der Waals surface area contributed by atoms with Crippen LogP contribution in [0.25, 0.3) is 0 Å². The molecule has 108 valence electrons. The molecule has 1 rings (SSSR count). The Hall–Kier alpha value is -1.65. The molecular weight excluding hydrogens is 281 g/mol. The molecule has 0 aliphatic carbocycles. The largest absolute Gasteiger partial charge is 0.322 e. The molecule has 0 fully saturated rings. The number of hydrogen-bond acceptors (Lipinski definition) is 5. The van der Waals surface area contributed by atoms with Gasteiger partial charge in [-0.2, -0.15) is 5.26 Å². The van der Waals surface area contributed by atoms with Gasteiger partial charge in [-0.15, -0.1) is 11.8 Å². The van der Waals surface area contributed by atoms with Crippen molar-refractivity contribution < 1.29 is 9.31 Å². The van der Waals surface area contributed by atoms with Gasteiger partial charge in [-0.05, 0) is 32.1 Å². The third-order valence-corrected chi connectivity index (χ3v) is 3.99. The lowest BCUT2D eigenvalue weighted by atomic mass is 9.90. The summed E-state index contributed by atoms with van der Waals surface area (Å²) in [6.45, 7) is 3.40. The van der Waals surface area contributed by atoms with Crippen LogP contribution in [0.15, 0.2) is 18.2 Å². The van der Waals surface area contributed by atoms with Crippen molar-refractivity contribution in [2.45, 2.75) is 31.1 Å². The molecule has 0 aliphatic rings. The van der Waals surface area contributed by atoms with E-state index in [0.717, 1.165) is 12.1 Å². The van der Waals surface area contributed by atoms with Crippen LogP contribution in [-0.4, -0.2) is 15.9 Å². The molecule has 0 radical (unpaired) electrons. The second kappa shape index (κ2) is 6.68. The monoisotopic (exact) mass is 297 g/mol. The molecular formula is C13H16FN3O2S. The fourth-order valence-corrected chi connectivity index (χ4v) is 2.65. The molecule has 0 bridgehead atoms. The van der Waals surface area contributed by atoms with E-state index in [1.54, 1.807) is 13.8 Å². The molecule has 0 aliphatic heterocycles. The number of nitrogens with two attached hydrogens (primary N) is 1. The zero-order valence-corrected chi connectivity index (χ0v) is 12.1. The van der Waals surface area contributed by atoms with Gasteiger partial charge in [0.2, 0.25) is 0 Å². The fourth-order valence-electron chi connectivity index (χ4n) is 1.68. The number of nitro groups is 1. The standard InChI is InChI=1S/C13H16FN3O2S/c1-9(8-15)20-6-5-13(2,16)11-7-10(17(18)19)3-4-12(11)14/h3-4,7,9H,5-6,16H2,1-2H3/t9?,13-/m0/s1. The summed E-state index contributed by atoms with van der Waals surface area (Å²) in [7, 11) is 0. The SMILES string of the molecule is CC(C#N)SCC[C@](C)(N)c1cc([N+](=O)[O-])ccc1F. The van der Waals surface area contributed by atoms with Crippen molar-refractivity contribution in [2.24, 2.45) is 5.73 Å². The minimum absolute atomic E-state index is 0.122. The lowest BCUT2D eigenvalue weighted by molar-refractivity contribution is -0.385. The molecule has 7 heteroatoms. The van der Waals surface area contributed by atoms with E-state index in [2.05, 4.69) is 6.07 Å². The smallest absolute Gasteiger partial charge is 0.269 e. The number of nitriles is 1. The highest BCUT2D eigenvalue weighted by molar-refractivity contribution is 8.00. The Labute approximate surface area is 121 Å². The Balaban J connectivity index is 2.88. The Morgan fingerprint density at radius 3 is 2.85 bits per heavy atom. The van der Waals surface area contributed by atoms with Crippen molar-refractivity contribution in [1.29, 1.82) is 5.26 Å². The summed E-state index contributed by atoms with van der Waals surface area (Å²) >= 11 is 1.42. The van der Waals surface area contributed by atoms with Crippen LogP contribution in [0.2, 0.25) is 0 Å². The molecule has 5 nitrogen and oxygen atoms in total. The van der Waals surface area contributed by atoms with Gasteiger partial charge in [0.1, 0.15) is 5.82 Å². The third-order valence-electron chi connectivity index (χ3n) is 2.95. The highest BCUT2D eigenvalue weighted by Crippen LogP contribution is 2.29. The van der Waals surface area contributed by atoms with E-state index in [4.69, 9.17) is 11.0 Å². The van der Waals surface area contributed by atoms with Gasteiger partial charge in [0.15, 0.2) is 0 Å². The summed E-state index contributed by atoms with van der Waals surface area (Å²) < 4.78 is 13.8. The summed E-state index contributed by atoms with van der Waals surface area (Å²) in [5.41, 5.74) is 5.00. The summed E-state index contributed by atoms with van der Waals surface area (Å²) in [5.74, 6) is 0.0167. The van der Waals surface area contributed by atoms with Crippen molar-refractivity contribution >= 4 is 17.4 Å². The highest BCUT2D eigenvalue weighted by atomic mass is 32.2. The first-order valence-corrected chi connectivity index (χ1v) is 7.07. The van der Waals surface area contributed by atoms with E-state index < -0.39 is 16.3 Å². The second-order valence-electron chi connectivity index (χ2n) is 4.73. The first-order chi connectivity index (χ1) is 9.27. The maximum atomic E-state index is 13.8. The van der Waals surface area contributed by atoms with Crippen LogP contribution in [0, 0.1) is 27.3 Å². The van der Waals surface area contributed by atoms with Gasteiger partial charge in [0.25, 0.3) is 5.69 Å². The van der Waals surface area contributed by atoms with Crippen molar-refractivity contribution in [2.75, 3.05) is 5.75 Å². The third kappa shape index (κ3) is 4.18. The normalized spacial score (nSPS) is 15.2. The maximum absolute atomic E-state index is 13.8. The van der Waals surface area contributed by atoms with Gasteiger partial charge < -0.3 is 5.73 Å². The van der Waals surface area contributed by atoms with Crippen molar-refractivity contribution in [3.8, 4) is 6.07 Å². The highest BCUT2D eigenvalue weighted by Gasteiger charge is 2.27. The molecule has 1 aromatic rings. The second-order valence-corrected chi connectivity index (χ2v) is 6.18. The van der Waals surface area contributed by atoms with Crippen LogP contribution in [-0.2, 0) is 5.54 Å². The number of nitrogens with zero attached hydrogens (tertiary/aromatic N) is 2. The average molecular weight is 297 g/mol. The number of benzene rings is 1. The van der Waals surface area contributed by atoms with Crippen molar-refractivity contribution in [3.05, 3.63) is 39.7 Å². The Morgan fingerprint density at radius 1 is 1.65 bits per heavy atom. The molecule has 0 heterocycles. The topological polar surface area (TPSA) is 93.0 Å². The summed E-state index contributed by atoms with van der Waals surface area (Å²) in [6, 6.07) is 5.43. The lowest BCUT2D eigenvalue weighted by Crippen LogP contribution is -2.35. The molecule has 2 N–H and O–H groups in total. The number of thioether (sulfide) groups is 1. The molecule has 0 saturated carbocycles. The number of hydrogen-bond donors (Lipinski definition) is 1. The average Bonchev–Trinajstić information content (AvgIpc) is 2.38. The molecule has 1 aromatic carbocycles. The number of halogens is 1. The first kappa shape index (κ1) is 16.4. The van der Waals surface area contributed by atoms with Gasteiger partial charge in [-0.25, -0.2) is 4.39 Å². The van der Waals surface area contributed by atoms with Crippen molar-refractivity contribution in [3.63, 3.8) is 0 Å². The first-order valence-electron chi connectivity index (χ1n) is 6.02. The molecule has 1 unspecified atom stereocenters. The Morgan fingerprint density at radius 2 is 2.30 bits per heavy atom. The van der Waals surface area contributed by atoms with Crippen LogP contribution in [0.1, 0.15) is 25.8 Å². The summed E-state index contributed by atoms with van der Waals surface area (Å²) in [5, 5.41) is 19.3. The van der Waals surface area contributed by atoms with Crippen LogP contribution < -0.4 is 5.73 Å². The van der Waals surface area contributed by atoms with Crippen LogP contribution in [0.5, 0.6) is 0 Å². The lowest BCUT2D eigenvalue weighted by Gasteiger charge is -2.25. The van der Waals surface area contributed by atoms with Gasteiger partial charge in [-0.3, -0.25) is 10.1 Å². The quantitative estimate of drug-likeness (QED) is 0.643. The van der Waals surface area contributed by atoms with E-state index in [-0.39, 0.29) is 16.5 Å². The maximum Gasteiger partial charge on any atom is 0.269 e. The Kier molecular flexibility index (Phi) is 5.48. The minimum atomic E-state index is -1.02. The predicted molar refractivity (Wildman–Crippen MR) is 76.7 cm³/mol. The minimum Gasteiger partial charge on any atom is -0.322 e. The predicted octanol–water partition coefficient (Wildman–Crippen LogP) is 2.94. The molecule has 0 amide bonds. The van der Waals surface area contributed by atoms with Crippen LogP contribution in [0.4, 0.5) is 10.1 Å². The van der Waals surface area contributed by atoms with E-state index in [1.807, 2.05) is 0 Å². The Bertz CT molecular complexity index is 543. The van der Waals surface area contributed by atoms with E-state index in [9.17, 15) is 14.5 Å².